The molecule has 2 aliphatic heterocycles. The van der Waals surface area contributed by atoms with Gasteiger partial charge in [0.05, 0.1) is 12.1 Å². The molecule has 20 heteroatoms. The minimum atomic E-state index is -1.29. The molecule has 2 aliphatic rings. The van der Waals surface area contributed by atoms with Gasteiger partial charge in [0.1, 0.15) is 30.2 Å². The van der Waals surface area contributed by atoms with Gasteiger partial charge < -0.3 is 64.5 Å². The molecule has 3 aromatic rings. The summed E-state index contributed by atoms with van der Waals surface area (Å²) in [6, 6.07) is 8.84. The maximum Gasteiger partial charge on any atom is 0.243 e. The van der Waals surface area contributed by atoms with E-state index in [1.807, 2.05) is 24.3 Å². The normalized spacial score (nSPS) is 25.3. The smallest absolute Gasteiger partial charge is 0.243 e. The van der Waals surface area contributed by atoms with Crippen molar-refractivity contribution in [3.05, 3.63) is 71.9 Å². The number of hydrogen-bond donors (Lipinski definition) is 11. The Balaban J connectivity index is 1.49. The highest BCUT2D eigenvalue weighted by atomic mass is 16.3. The molecular formula is C42H58N12O8. The fraction of sp³-hybridized carbons (Fsp3) is 0.476. The van der Waals surface area contributed by atoms with Crippen molar-refractivity contribution in [2.45, 2.75) is 107 Å². The van der Waals surface area contributed by atoms with Gasteiger partial charge in [0.25, 0.3) is 0 Å². The number of aromatic nitrogens is 1. The number of benzene rings is 2. The lowest BCUT2D eigenvalue weighted by molar-refractivity contribution is -0.140. The topological polar surface area (TPSA) is 335 Å². The van der Waals surface area contributed by atoms with E-state index in [1.165, 1.54) is 0 Å². The molecule has 0 spiro atoms. The second kappa shape index (κ2) is 22.3. The molecular weight excluding hydrogens is 801 g/mol. The molecule has 7 amide bonds. The van der Waals surface area contributed by atoms with Gasteiger partial charge in [-0.1, -0.05) is 48.5 Å². The second-order valence-electron chi connectivity index (χ2n) is 15.7. The van der Waals surface area contributed by atoms with Crippen LogP contribution in [0.4, 0.5) is 0 Å². The molecule has 3 unspecified atom stereocenters. The number of aliphatic hydroxyl groups is 1. The number of nitrogens with one attached hydrogen (secondary N) is 6. The number of rotatable bonds is 9. The summed E-state index contributed by atoms with van der Waals surface area (Å²) in [6.07, 6.45) is 1.46. The second-order valence-corrected chi connectivity index (χ2v) is 15.7. The molecule has 0 saturated carbocycles. The van der Waals surface area contributed by atoms with Crippen LogP contribution in [0.2, 0.25) is 0 Å². The third-order valence-corrected chi connectivity index (χ3v) is 11.0. The Morgan fingerprint density at radius 2 is 1.45 bits per heavy atom. The molecule has 0 radical (unpaired) electrons. The highest BCUT2D eigenvalue weighted by molar-refractivity contribution is 5.97. The summed E-state index contributed by atoms with van der Waals surface area (Å²) >= 11 is 0. The zero-order valence-corrected chi connectivity index (χ0v) is 34.5. The van der Waals surface area contributed by atoms with Crippen molar-refractivity contribution < 1.29 is 38.7 Å². The van der Waals surface area contributed by atoms with Crippen LogP contribution in [0.15, 0.2) is 65.8 Å². The van der Waals surface area contributed by atoms with E-state index < -0.39 is 77.8 Å². The number of nitrogens with zero attached hydrogens (tertiary/aromatic N) is 2. The summed E-state index contributed by atoms with van der Waals surface area (Å²) in [5.41, 5.74) is 25.2. The Kier molecular flexibility index (Phi) is 16.8. The predicted molar refractivity (Wildman–Crippen MR) is 229 cm³/mol. The van der Waals surface area contributed by atoms with Gasteiger partial charge in [-0.15, -0.1) is 0 Å². The first kappa shape index (κ1) is 46.5. The molecule has 15 N–H and O–H groups in total. The van der Waals surface area contributed by atoms with Gasteiger partial charge in [-0.2, -0.15) is 0 Å². The number of hydrogen-bond acceptors (Lipinski definition) is 10. The minimum Gasteiger partial charge on any atom is -0.391 e. The van der Waals surface area contributed by atoms with Crippen LogP contribution in [0.5, 0.6) is 0 Å². The molecule has 0 bridgehead atoms. The van der Waals surface area contributed by atoms with E-state index in [0.29, 0.717) is 24.0 Å². The highest BCUT2D eigenvalue weighted by Crippen LogP contribution is 2.22. The molecule has 62 heavy (non-hydrogen) atoms. The van der Waals surface area contributed by atoms with Crippen LogP contribution < -0.4 is 49.5 Å². The SMILES string of the molecule is NC(=O)C1CCCCNC(=O)CC[C@H](N)C(=O)N2C[C@H](O)C[C@H]2C(=O)N[C@H](Cc2ccccc2)C(=O)NC(CCCN=C(N)N)C(=O)NC(Cc2c[nH]c3ccccc23)C(=O)N1. The molecule has 7 atom stereocenters. The number of aromatic amines is 1. The van der Waals surface area contributed by atoms with Crippen LogP contribution in [0.3, 0.4) is 0 Å². The van der Waals surface area contributed by atoms with Gasteiger partial charge in [0.2, 0.25) is 41.4 Å². The fourth-order valence-corrected chi connectivity index (χ4v) is 7.65. The van der Waals surface area contributed by atoms with Crippen molar-refractivity contribution in [1.29, 1.82) is 0 Å². The van der Waals surface area contributed by atoms with Crippen LogP contribution >= 0.6 is 0 Å². The molecule has 3 heterocycles. The number of amides is 7. The summed E-state index contributed by atoms with van der Waals surface area (Å²) in [5, 5.41) is 25.1. The van der Waals surface area contributed by atoms with Gasteiger partial charge in [0, 0.05) is 62.4 Å². The number of primary amides is 1. The van der Waals surface area contributed by atoms with Crippen LogP contribution in [0.25, 0.3) is 10.9 Å². The van der Waals surface area contributed by atoms with Gasteiger partial charge in [-0.25, -0.2) is 0 Å². The Bertz CT molecular complexity index is 2090. The van der Waals surface area contributed by atoms with Crippen molar-refractivity contribution in [3.63, 3.8) is 0 Å². The molecule has 20 nitrogen and oxygen atoms in total. The van der Waals surface area contributed by atoms with E-state index in [-0.39, 0.29) is 82.9 Å². The molecule has 1 aromatic heterocycles. The summed E-state index contributed by atoms with van der Waals surface area (Å²) in [6.45, 7) is 0.136. The zero-order chi connectivity index (χ0) is 44.8. The minimum absolute atomic E-state index is 0.00276. The van der Waals surface area contributed by atoms with Crippen molar-refractivity contribution in [2.24, 2.45) is 27.9 Å². The van der Waals surface area contributed by atoms with Crippen molar-refractivity contribution in [1.82, 2.24) is 36.5 Å². The standard InChI is InChI=1S/C42H58N12O8/c43-28-15-16-35(56)47-17-7-6-13-30(36(44)57)50-39(60)33(20-25-22-49-29-12-5-4-11-27(25)29)52-37(58)31(14-8-18-48-42(45)46)51-38(59)32(19-24-9-2-1-3-10-24)53-40(61)34-21-26(55)23-54(34)41(28)62/h1-5,9-12,22,26,28,30-34,49,55H,6-8,13-21,23,43H2,(H2,44,57)(H,47,56)(H,50,60)(H,51,59)(H,52,58)(H,53,61)(H4,45,46,48)/t26-,28+,30?,31?,32-,33?,34+/m1/s1. The molecule has 0 aliphatic carbocycles. The first-order chi connectivity index (χ1) is 29.7. The average Bonchev–Trinajstić information content (AvgIpc) is 3.85. The quantitative estimate of drug-likeness (QED) is 0.0623. The number of aliphatic hydroxyl groups excluding tert-OH is 1. The Morgan fingerprint density at radius 1 is 0.790 bits per heavy atom. The third kappa shape index (κ3) is 13.2. The lowest BCUT2D eigenvalue weighted by Gasteiger charge is -2.29. The highest BCUT2D eigenvalue weighted by Gasteiger charge is 2.42. The maximum atomic E-state index is 14.4. The monoisotopic (exact) mass is 858 g/mol. The van der Waals surface area contributed by atoms with Crippen molar-refractivity contribution in [3.8, 4) is 0 Å². The average molecular weight is 859 g/mol. The molecule has 2 saturated heterocycles. The Labute approximate surface area is 358 Å². The van der Waals surface area contributed by atoms with E-state index in [2.05, 4.69) is 36.6 Å². The molecule has 2 fully saturated rings. The number of fused-ring (bicyclic) bond motifs is 2. The van der Waals surface area contributed by atoms with Crippen LogP contribution in [0.1, 0.15) is 62.5 Å². The van der Waals surface area contributed by atoms with Gasteiger partial charge in [-0.05, 0) is 55.7 Å². The van der Waals surface area contributed by atoms with E-state index in [0.717, 1.165) is 15.8 Å². The first-order valence-corrected chi connectivity index (χ1v) is 20.9. The van der Waals surface area contributed by atoms with Crippen LogP contribution in [-0.2, 0) is 46.4 Å². The molecule has 5 rings (SSSR count). The first-order valence-electron chi connectivity index (χ1n) is 20.9. The number of aliphatic imine (C=N–C) groups is 1. The van der Waals surface area contributed by atoms with E-state index in [4.69, 9.17) is 22.9 Å². The number of para-hydroxylation sites is 1. The number of carbonyl (C=O) groups is 7. The van der Waals surface area contributed by atoms with Gasteiger partial charge >= 0.3 is 0 Å². The summed E-state index contributed by atoms with van der Waals surface area (Å²) in [5.74, 6) is -4.95. The van der Waals surface area contributed by atoms with Crippen molar-refractivity contribution >= 4 is 58.2 Å². The van der Waals surface area contributed by atoms with E-state index in [9.17, 15) is 38.7 Å². The zero-order valence-electron chi connectivity index (χ0n) is 34.5. The van der Waals surface area contributed by atoms with Crippen LogP contribution in [-0.4, -0.2) is 124 Å². The lowest BCUT2D eigenvalue weighted by atomic mass is 10.0. The largest absolute Gasteiger partial charge is 0.391 e. The number of nitrogens with two attached hydrogens (primary N) is 4. The molecule has 334 valence electrons. The Hall–Kier alpha value is -6.54. The van der Waals surface area contributed by atoms with Crippen LogP contribution in [0, 0.1) is 0 Å². The fourth-order valence-electron chi connectivity index (χ4n) is 7.65. The number of H-pyrrole nitrogens is 1. The third-order valence-electron chi connectivity index (χ3n) is 11.0. The van der Waals surface area contributed by atoms with Gasteiger partial charge in [0.15, 0.2) is 5.96 Å². The number of carbonyl (C=O) groups excluding carboxylic acids is 7. The lowest BCUT2D eigenvalue weighted by Crippen LogP contribution is -2.60. The molecule has 2 aromatic carbocycles. The maximum absolute atomic E-state index is 14.4. The van der Waals surface area contributed by atoms with Crippen molar-refractivity contribution in [2.75, 3.05) is 19.6 Å². The Morgan fingerprint density at radius 3 is 2.19 bits per heavy atom. The summed E-state index contributed by atoms with van der Waals surface area (Å²) in [4.78, 5) is 104. The summed E-state index contributed by atoms with van der Waals surface area (Å²) in [7, 11) is 0. The van der Waals surface area contributed by atoms with Gasteiger partial charge in [-0.3, -0.25) is 38.6 Å². The summed E-state index contributed by atoms with van der Waals surface area (Å²) < 4.78 is 0. The predicted octanol–water partition coefficient (Wildman–Crippen LogP) is -2.20. The number of guanidine groups is 1. The van der Waals surface area contributed by atoms with E-state index >= 15 is 0 Å². The van der Waals surface area contributed by atoms with E-state index in [1.54, 1.807) is 36.5 Å².